The lowest BCUT2D eigenvalue weighted by atomic mass is 9.81. The van der Waals surface area contributed by atoms with Gasteiger partial charge in [-0.05, 0) is 37.0 Å². The molecule has 1 nitrogen and oxygen atoms in total. The summed E-state index contributed by atoms with van der Waals surface area (Å²) in [7, 11) is 0. The van der Waals surface area contributed by atoms with Crippen molar-refractivity contribution in [3.63, 3.8) is 0 Å². The van der Waals surface area contributed by atoms with Gasteiger partial charge in [-0.1, -0.05) is 67.6 Å². The van der Waals surface area contributed by atoms with Gasteiger partial charge < -0.3 is 5.73 Å². The largest absolute Gasteiger partial charge is 0.322 e. The van der Waals surface area contributed by atoms with Crippen molar-refractivity contribution in [2.45, 2.75) is 58.4 Å². The van der Waals surface area contributed by atoms with Crippen LogP contribution in [0.4, 0.5) is 0 Å². The summed E-state index contributed by atoms with van der Waals surface area (Å²) in [6.45, 7) is 6.68. The van der Waals surface area contributed by atoms with Crippen LogP contribution in [0, 0.1) is 5.92 Å². The van der Waals surface area contributed by atoms with Crippen LogP contribution < -0.4 is 5.73 Å². The molecular weight excluding hydrogens is 286 g/mol. The van der Waals surface area contributed by atoms with Crippen LogP contribution in [0.3, 0.4) is 0 Å². The van der Waals surface area contributed by atoms with E-state index in [-0.39, 0.29) is 5.54 Å². The zero-order chi connectivity index (χ0) is 13.6. The summed E-state index contributed by atoms with van der Waals surface area (Å²) in [6, 6.07) is 8.40. The third-order valence-corrected chi connectivity index (χ3v) is 4.23. The topological polar surface area (TPSA) is 26.0 Å². The summed E-state index contributed by atoms with van der Waals surface area (Å²) in [5.74, 6) is 0.735. The molecule has 0 aliphatic rings. The van der Waals surface area contributed by atoms with E-state index in [2.05, 4.69) is 54.9 Å². The van der Waals surface area contributed by atoms with Crippen LogP contribution in [-0.4, -0.2) is 0 Å². The van der Waals surface area contributed by atoms with E-state index < -0.39 is 0 Å². The average Bonchev–Trinajstić information content (AvgIpc) is 2.34. The molecule has 1 rings (SSSR count). The Hall–Kier alpha value is -0.340. The summed E-state index contributed by atoms with van der Waals surface area (Å²) >= 11 is 3.52. The fourth-order valence-corrected chi connectivity index (χ4v) is 2.90. The number of hydrogen-bond acceptors (Lipinski definition) is 1. The molecule has 0 bridgehead atoms. The molecule has 0 aliphatic carbocycles. The lowest BCUT2D eigenvalue weighted by Crippen LogP contribution is -2.35. The first-order valence-electron chi connectivity index (χ1n) is 7.04. The van der Waals surface area contributed by atoms with Crippen molar-refractivity contribution in [1.29, 1.82) is 0 Å². The molecule has 2 unspecified atom stereocenters. The molecule has 0 amide bonds. The summed E-state index contributed by atoms with van der Waals surface area (Å²) in [4.78, 5) is 0. The van der Waals surface area contributed by atoms with Crippen LogP contribution in [0.25, 0.3) is 0 Å². The molecule has 2 atom stereocenters. The number of halogens is 1. The summed E-state index contributed by atoms with van der Waals surface area (Å²) < 4.78 is 1.11. The Bertz CT molecular complexity index is 360. The number of rotatable bonds is 7. The van der Waals surface area contributed by atoms with Gasteiger partial charge in [0.05, 0.1) is 0 Å². The highest BCUT2D eigenvalue weighted by Gasteiger charge is 2.25. The Morgan fingerprint density at radius 1 is 1.33 bits per heavy atom. The summed E-state index contributed by atoms with van der Waals surface area (Å²) in [6.07, 6.45) is 6.18. The summed E-state index contributed by atoms with van der Waals surface area (Å²) in [5.41, 5.74) is 7.54. The monoisotopic (exact) mass is 311 g/mol. The molecule has 0 aromatic heterocycles. The van der Waals surface area contributed by atoms with Crippen molar-refractivity contribution in [3.05, 3.63) is 34.3 Å². The van der Waals surface area contributed by atoms with Gasteiger partial charge in [-0.3, -0.25) is 0 Å². The normalized spacial score (nSPS) is 16.3. The zero-order valence-electron chi connectivity index (χ0n) is 11.9. The van der Waals surface area contributed by atoms with Crippen molar-refractivity contribution in [2.75, 3.05) is 0 Å². The number of nitrogens with two attached hydrogens (primary N) is 1. The van der Waals surface area contributed by atoms with Crippen LogP contribution in [0.1, 0.15) is 58.4 Å². The molecule has 2 heteroatoms. The lowest BCUT2D eigenvalue weighted by molar-refractivity contribution is 0.315. The molecule has 0 radical (unpaired) electrons. The number of unbranched alkanes of at least 4 members (excludes halogenated alkanes) is 1. The van der Waals surface area contributed by atoms with Gasteiger partial charge in [0.25, 0.3) is 0 Å². The quantitative estimate of drug-likeness (QED) is 0.733. The third-order valence-electron chi connectivity index (χ3n) is 3.74. The minimum atomic E-state index is -0.224. The Labute approximate surface area is 120 Å². The van der Waals surface area contributed by atoms with Gasteiger partial charge in [0.15, 0.2) is 0 Å². The van der Waals surface area contributed by atoms with Crippen LogP contribution >= 0.6 is 15.9 Å². The molecule has 102 valence electrons. The second-order valence-corrected chi connectivity index (χ2v) is 6.46. The average molecular weight is 312 g/mol. The second-order valence-electron chi connectivity index (χ2n) is 5.55. The maximum Gasteiger partial charge on any atom is 0.0384 e. The van der Waals surface area contributed by atoms with E-state index in [0.717, 1.165) is 16.8 Å². The molecule has 0 spiro atoms. The Balaban J connectivity index is 2.73. The molecule has 0 saturated carbocycles. The second kappa shape index (κ2) is 7.30. The van der Waals surface area contributed by atoms with Crippen molar-refractivity contribution >= 4 is 15.9 Å². The van der Waals surface area contributed by atoms with Crippen LogP contribution in [0.15, 0.2) is 28.7 Å². The first-order chi connectivity index (χ1) is 8.49. The SMILES string of the molecule is CCCCC(CC)CC(C)(N)c1cccc(Br)c1. The molecule has 2 N–H and O–H groups in total. The van der Waals surface area contributed by atoms with Gasteiger partial charge in [0.1, 0.15) is 0 Å². The molecule has 0 aliphatic heterocycles. The lowest BCUT2D eigenvalue weighted by Gasteiger charge is -2.30. The van der Waals surface area contributed by atoms with E-state index in [4.69, 9.17) is 5.73 Å². The zero-order valence-corrected chi connectivity index (χ0v) is 13.5. The highest BCUT2D eigenvalue weighted by molar-refractivity contribution is 9.10. The Morgan fingerprint density at radius 2 is 2.06 bits per heavy atom. The smallest absolute Gasteiger partial charge is 0.0384 e. The maximum atomic E-state index is 6.53. The highest BCUT2D eigenvalue weighted by Crippen LogP contribution is 2.31. The molecular formula is C16H26BrN. The molecule has 1 aromatic rings. The molecule has 0 fully saturated rings. The van der Waals surface area contributed by atoms with E-state index in [0.29, 0.717) is 0 Å². The Kier molecular flexibility index (Phi) is 6.37. The van der Waals surface area contributed by atoms with E-state index in [1.165, 1.54) is 31.2 Å². The number of hydrogen-bond donors (Lipinski definition) is 1. The minimum absolute atomic E-state index is 0.224. The van der Waals surface area contributed by atoms with Crippen LogP contribution in [0.5, 0.6) is 0 Å². The van der Waals surface area contributed by atoms with Gasteiger partial charge in [0.2, 0.25) is 0 Å². The molecule has 18 heavy (non-hydrogen) atoms. The van der Waals surface area contributed by atoms with Crippen LogP contribution in [-0.2, 0) is 5.54 Å². The van der Waals surface area contributed by atoms with E-state index in [1.54, 1.807) is 0 Å². The highest BCUT2D eigenvalue weighted by atomic mass is 79.9. The fourth-order valence-electron chi connectivity index (χ4n) is 2.50. The van der Waals surface area contributed by atoms with Crippen molar-refractivity contribution in [3.8, 4) is 0 Å². The third kappa shape index (κ3) is 4.74. The van der Waals surface area contributed by atoms with E-state index >= 15 is 0 Å². The van der Waals surface area contributed by atoms with Gasteiger partial charge in [-0.15, -0.1) is 0 Å². The first kappa shape index (κ1) is 15.7. The number of benzene rings is 1. The fraction of sp³-hybridized carbons (Fsp3) is 0.625. The predicted octanol–water partition coefficient (Wildman–Crippen LogP) is 5.23. The van der Waals surface area contributed by atoms with Gasteiger partial charge in [0, 0.05) is 10.0 Å². The molecule has 1 aromatic carbocycles. The van der Waals surface area contributed by atoms with Crippen molar-refractivity contribution in [1.82, 2.24) is 0 Å². The molecule has 0 saturated heterocycles. The minimum Gasteiger partial charge on any atom is -0.322 e. The standard InChI is InChI=1S/C16H26BrN/c1-4-6-8-13(5-2)12-16(3,18)14-9-7-10-15(17)11-14/h7,9-11,13H,4-6,8,12,18H2,1-3H3. The predicted molar refractivity (Wildman–Crippen MR) is 83.6 cm³/mol. The van der Waals surface area contributed by atoms with Gasteiger partial charge in [-0.25, -0.2) is 0 Å². The van der Waals surface area contributed by atoms with Gasteiger partial charge in [-0.2, -0.15) is 0 Å². The van der Waals surface area contributed by atoms with Crippen LogP contribution in [0.2, 0.25) is 0 Å². The van der Waals surface area contributed by atoms with E-state index in [9.17, 15) is 0 Å². The van der Waals surface area contributed by atoms with Crippen molar-refractivity contribution < 1.29 is 0 Å². The maximum absolute atomic E-state index is 6.53. The summed E-state index contributed by atoms with van der Waals surface area (Å²) in [5, 5.41) is 0. The van der Waals surface area contributed by atoms with Crippen molar-refractivity contribution in [2.24, 2.45) is 11.7 Å². The Morgan fingerprint density at radius 3 is 2.61 bits per heavy atom. The first-order valence-corrected chi connectivity index (χ1v) is 7.83. The van der Waals surface area contributed by atoms with Gasteiger partial charge >= 0.3 is 0 Å². The molecule has 0 heterocycles. The van der Waals surface area contributed by atoms with E-state index in [1.807, 2.05) is 6.07 Å².